The lowest BCUT2D eigenvalue weighted by atomic mass is 9.49. The first-order valence-electron chi connectivity index (χ1n) is 14.7. The third kappa shape index (κ3) is 6.52. The van der Waals surface area contributed by atoms with Gasteiger partial charge in [0.1, 0.15) is 5.78 Å². The van der Waals surface area contributed by atoms with Gasteiger partial charge in [-0.1, -0.05) is 0 Å². The van der Waals surface area contributed by atoms with E-state index in [1.54, 1.807) is 0 Å². The molecule has 0 N–H and O–H groups in total. The molecule has 0 aromatic heterocycles. The molecule has 250 valence electrons. The number of carbonyl (C=O) groups is 3. The van der Waals surface area contributed by atoms with Crippen LogP contribution in [0.15, 0.2) is 0 Å². The Hall–Kier alpha value is -1.85. The van der Waals surface area contributed by atoms with Crippen LogP contribution in [0, 0.1) is 46.3 Å². The summed E-state index contributed by atoms with van der Waals surface area (Å²) in [5.41, 5.74) is -1.15. The Morgan fingerprint density at radius 1 is 0.705 bits per heavy atom. The van der Waals surface area contributed by atoms with E-state index < -0.39 is 61.3 Å². The van der Waals surface area contributed by atoms with Gasteiger partial charge in [-0.2, -0.15) is 17.6 Å². The molecule has 0 saturated heterocycles. The molecule has 0 heterocycles. The van der Waals surface area contributed by atoms with Gasteiger partial charge >= 0.3 is 22.4 Å². The van der Waals surface area contributed by atoms with Gasteiger partial charge in [-0.3, -0.25) is 14.4 Å². The third-order valence-electron chi connectivity index (χ3n) is 10.6. The highest BCUT2D eigenvalue weighted by molar-refractivity contribution is 7.87. The summed E-state index contributed by atoms with van der Waals surface area (Å²) in [6, 6.07) is 0. The van der Waals surface area contributed by atoms with Gasteiger partial charge < -0.3 is 18.6 Å². The molecule has 8 aliphatic carbocycles. The molecular formula is C27H34F4O11S2-2. The van der Waals surface area contributed by atoms with Crippen LogP contribution in [0.3, 0.4) is 0 Å². The lowest BCUT2D eigenvalue weighted by Crippen LogP contribution is -2.55. The van der Waals surface area contributed by atoms with E-state index in [1.165, 1.54) is 19.3 Å². The lowest BCUT2D eigenvalue weighted by Gasteiger charge is -2.56. The van der Waals surface area contributed by atoms with Crippen molar-refractivity contribution < 1.29 is 67.4 Å². The number of esters is 2. The Labute approximate surface area is 252 Å². The Bertz CT molecular complexity index is 1360. The molecule has 0 radical (unpaired) electrons. The second-order valence-electron chi connectivity index (χ2n) is 14.0. The lowest BCUT2D eigenvalue weighted by molar-refractivity contribution is -0.179. The monoisotopic (exact) mass is 674 g/mol. The molecular weight excluding hydrogens is 640 g/mol. The van der Waals surface area contributed by atoms with Crippen LogP contribution in [0.25, 0.3) is 0 Å². The van der Waals surface area contributed by atoms with Crippen LogP contribution < -0.4 is 0 Å². The summed E-state index contributed by atoms with van der Waals surface area (Å²) in [6.07, 6.45) is 8.85. The molecule has 2 atom stereocenters. The fraction of sp³-hybridized carbons (Fsp3) is 0.889. The third-order valence-corrected chi connectivity index (χ3v) is 12.3. The van der Waals surface area contributed by atoms with Crippen LogP contribution in [-0.2, 0) is 44.1 Å². The van der Waals surface area contributed by atoms with Gasteiger partial charge in [0.2, 0.25) is 0 Å². The van der Waals surface area contributed by atoms with Gasteiger partial charge in [0.05, 0.1) is 11.8 Å². The number of hydrogen-bond donors (Lipinski definition) is 0. The van der Waals surface area contributed by atoms with Crippen molar-refractivity contribution in [3.63, 3.8) is 0 Å². The molecule has 8 aliphatic rings. The van der Waals surface area contributed by atoms with Gasteiger partial charge in [-0.25, -0.2) is 16.8 Å². The predicted octanol–water partition coefficient (Wildman–Crippen LogP) is 3.34. The first-order chi connectivity index (χ1) is 20.1. The number of Topliss-reactive ketones (excluding diaryl/α,β-unsaturated/α-hetero) is 1. The molecule has 2 unspecified atom stereocenters. The summed E-state index contributed by atoms with van der Waals surface area (Å²) in [4.78, 5) is 36.1. The van der Waals surface area contributed by atoms with Crippen molar-refractivity contribution in [2.45, 2.75) is 87.6 Å². The minimum absolute atomic E-state index is 0.0471. The quantitative estimate of drug-likeness (QED) is 0.199. The minimum atomic E-state index is -5.88. The van der Waals surface area contributed by atoms with Gasteiger partial charge in [0.15, 0.2) is 33.5 Å². The highest BCUT2D eigenvalue weighted by atomic mass is 32.2. The van der Waals surface area contributed by atoms with E-state index in [-0.39, 0.29) is 48.2 Å². The molecule has 0 aromatic carbocycles. The molecule has 0 spiro atoms. The van der Waals surface area contributed by atoms with Gasteiger partial charge in [0.25, 0.3) is 0 Å². The standard InChI is InChI=1S/C14H20F2O5S.C13H16F2O6S/c15-14(16,22(18,19)20)8-21-12(17)7-13-4-9-1-10(5-13)3-11(2-9)6-13;14-13(15,22(18,19)20)6-21-11(17)12-3-7-1-8(4-12)10(16)9(2-7)5-12/h9-11H,1-8H2,(H,18,19,20);7-9H,1-6H2,(H,18,19,20)/p-2. The summed E-state index contributed by atoms with van der Waals surface area (Å²) in [7, 11) is -11.7. The number of rotatable bonds is 9. The van der Waals surface area contributed by atoms with Crippen LogP contribution in [-0.4, -0.2) is 67.4 Å². The maximum atomic E-state index is 13.1. The Morgan fingerprint density at radius 2 is 1.11 bits per heavy atom. The average molecular weight is 675 g/mol. The second kappa shape index (κ2) is 11.1. The van der Waals surface area contributed by atoms with Gasteiger partial charge in [0, 0.05) is 11.8 Å². The van der Waals surface area contributed by atoms with E-state index in [0.717, 1.165) is 32.1 Å². The molecule has 8 bridgehead atoms. The van der Waals surface area contributed by atoms with E-state index in [0.29, 0.717) is 24.2 Å². The maximum Gasteiger partial charge on any atom is 0.367 e. The number of halogens is 4. The smallest absolute Gasteiger partial charge is 0.367 e. The van der Waals surface area contributed by atoms with E-state index in [9.17, 15) is 57.9 Å². The summed E-state index contributed by atoms with van der Waals surface area (Å²) in [5.74, 6) is -0.0380. The van der Waals surface area contributed by atoms with Crippen LogP contribution in [0.4, 0.5) is 17.6 Å². The van der Waals surface area contributed by atoms with Crippen molar-refractivity contribution in [1.82, 2.24) is 0 Å². The van der Waals surface area contributed by atoms with Crippen LogP contribution in [0.1, 0.15) is 77.0 Å². The summed E-state index contributed by atoms with van der Waals surface area (Å²) < 4.78 is 123. The summed E-state index contributed by atoms with van der Waals surface area (Å²) in [6.45, 7) is -3.46. The van der Waals surface area contributed by atoms with E-state index in [4.69, 9.17) is 0 Å². The van der Waals surface area contributed by atoms with Gasteiger partial charge in [-0.15, -0.1) is 0 Å². The molecule has 8 fully saturated rings. The van der Waals surface area contributed by atoms with E-state index in [2.05, 4.69) is 9.47 Å². The normalized spacial score (nSPS) is 37.4. The zero-order chi connectivity index (χ0) is 32.5. The number of ether oxygens (including phenoxy) is 2. The number of carbonyl (C=O) groups excluding carboxylic acids is 3. The van der Waals surface area contributed by atoms with Crippen LogP contribution in [0.2, 0.25) is 0 Å². The topological polar surface area (TPSA) is 184 Å². The molecule has 11 nitrogen and oxygen atoms in total. The molecule has 8 rings (SSSR count). The fourth-order valence-corrected chi connectivity index (χ4v) is 9.88. The largest absolute Gasteiger partial charge is 0.743 e. The number of hydrogen-bond acceptors (Lipinski definition) is 11. The molecule has 17 heteroatoms. The minimum Gasteiger partial charge on any atom is -0.743 e. The zero-order valence-electron chi connectivity index (χ0n) is 23.7. The predicted molar refractivity (Wildman–Crippen MR) is 137 cm³/mol. The average Bonchev–Trinajstić information content (AvgIpc) is 2.87. The maximum absolute atomic E-state index is 13.1. The molecule has 8 saturated carbocycles. The SMILES string of the molecule is O=C(CC12CC3CC(CC(C3)C1)C2)OCC(F)(F)S(=O)(=O)[O-].O=C1C2CC3CC1CC(C(=O)OCC(F)(F)S(=O)(=O)[O-])(C3)C2. The van der Waals surface area contributed by atoms with Crippen LogP contribution >= 0.6 is 0 Å². The number of alkyl halides is 4. The highest BCUT2D eigenvalue weighted by Gasteiger charge is 2.59. The molecule has 44 heavy (non-hydrogen) atoms. The second-order valence-corrected chi connectivity index (χ2v) is 17.1. The number of ketones is 1. The summed E-state index contributed by atoms with van der Waals surface area (Å²) >= 11 is 0. The van der Waals surface area contributed by atoms with Crippen molar-refractivity contribution in [2.24, 2.45) is 46.3 Å². The van der Waals surface area contributed by atoms with Crippen LogP contribution in [0.5, 0.6) is 0 Å². The first kappa shape index (κ1) is 33.5. The fourth-order valence-electron chi connectivity index (χ4n) is 9.47. The van der Waals surface area contributed by atoms with Crippen molar-refractivity contribution in [2.75, 3.05) is 13.2 Å². The van der Waals surface area contributed by atoms with Crippen molar-refractivity contribution in [1.29, 1.82) is 0 Å². The van der Waals surface area contributed by atoms with Crippen molar-refractivity contribution in [3.8, 4) is 0 Å². The molecule has 0 amide bonds. The van der Waals surface area contributed by atoms with Crippen molar-refractivity contribution in [3.05, 3.63) is 0 Å². The molecule has 0 aliphatic heterocycles. The van der Waals surface area contributed by atoms with E-state index >= 15 is 0 Å². The Morgan fingerprint density at radius 3 is 1.55 bits per heavy atom. The first-order valence-corrected chi connectivity index (χ1v) is 17.5. The highest BCUT2D eigenvalue weighted by Crippen LogP contribution is 2.61. The summed E-state index contributed by atoms with van der Waals surface area (Å²) in [5, 5.41) is -9.20. The molecule has 0 aromatic rings. The van der Waals surface area contributed by atoms with Crippen molar-refractivity contribution >= 4 is 38.0 Å². The zero-order valence-corrected chi connectivity index (χ0v) is 25.3. The van der Waals surface area contributed by atoms with E-state index in [1.807, 2.05) is 0 Å². The Kier molecular flexibility index (Phi) is 8.49. The Balaban J connectivity index is 0.000000175. The van der Waals surface area contributed by atoms with Gasteiger partial charge in [-0.05, 0) is 99.7 Å².